The van der Waals surface area contributed by atoms with Crippen LogP contribution in [0.25, 0.3) is 0 Å². The number of anilines is 1. The van der Waals surface area contributed by atoms with Crippen LogP contribution in [0.1, 0.15) is 24.8 Å². The van der Waals surface area contributed by atoms with Gasteiger partial charge in [-0.3, -0.25) is 4.90 Å². The summed E-state index contributed by atoms with van der Waals surface area (Å²) in [6, 6.07) is 18.1. The molecule has 0 N–H and O–H groups in total. The van der Waals surface area contributed by atoms with Crippen LogP contribution >= 0.6 is 11.3 Å². The fourth-order valence-electron chi connectivity index (χ4n) is 5.44. The Balaban J connectivity index is 1.22. The van der Waals surface area contributed by atoms with Crippen LogP contribution in [0.4, 0.5) is 14.9 Å². The number of rotatable bonds is 9. The highest BCUT2D eigenvalue weighted by Gasteiger charge is 2.47. The number of quaternary nitrogens is 1. The number of nitrogens with zero attached hydrogens (tertiary/aromatic N) is 2. The largest absolute Gasteiger partial charge is 0.493 e. The van der Waals surface area contributed by atoms with Gasteiger partial charge in [0.1, 0.15) is 18.1 Å². The molecule has 3 aliphatic heterocycles. The van der Waals surface area contributed by atoms with E-state index in [1.54, 1.807) is 28.4 Å². The summed E-state index contributed by atoms with van der Waals surface area (Å²) in [5.74, 6) is 0.936. The molecule has 3 saturated heterocycles. The molecule has 0 saturated carbocycles. The van der Waals surface area contributed by atoms with Gasteiger partial charge in [0.25, 0.3) is 0 Å². The lowest BCUT2D eigenvalue weighted by molar-refractivity contribution is -0.946. The molecular formula is C28H32FN2O3S+. The molecule has 0 aliphatic carbocycles. The molecule has 184 valence electrons. The summed E-state index contributed by atoms with van der Waals surface area (Å²) in [5.41, 5.74) is 1.52. The van der Waals surface area contributed by atoms with Crippen LogP contribution < -0.4 is 9.64 Å². The van der Waals surface area contributed by atoms with E-state index in [1.807, 2.05) is 47.2 Å². The normalized spacial score (nSPS) is 23.1. The smallest absolute Gasteiger partial charge is 0.415 e. The van der Waals surface area contributed by atoms with Crippen molar-refractivity contribution < 1.29 is 23.1 Å². The fraction of sp³-hybridized carbons (Fsp3) is 0.393. The van der Waals surface area contributed by atoms with E-state index in [-0.39, 0.29) is 11.9 Å². The predicted octanol–water partition coefficient (Wildman–Crippen LogP) is 6.11. The second-order valence-corrected chi connectivity index (χ2v) is 10.4. The lowest BCUT2D eigenvalue weighted by Crippen LogP contribution is -2.65. The van der Waals surface area contributed by atoms with Crippen molar-refractivity contribution in [2.75, 3.05) is 37.7 Å². The predicted molar refractivity (Wildman–Crippen MR) is 136 cm³/mol. The summed E-state index contributed by atoms with van der Waals surface area (Å²) in [6.45, 7) is 5.18. The molecular weight excluding hydrogens is 463 g/mol. The fourth-order valence-corrected chi connectivity index (χ4v) is 6.10. The Kier molecular flexibility index (Phi) is 7.35. The van der Waals surface area contributed by atoms with Gasteiger partial charge in [-0.05, 0) is 52.7 Å². The Morgan fingerprint density at radius 1 is 1.09 bits per heavy atom. The average Bonchev–Trinajstić information content (AvgIpc) is 3.40. The van der Waals surface area contributed by atoms with Crippen LogP contribution in [-0.4, -0.2) is 49.5 Å². The summed E-state index contributed by atoms with van der Waals surface area (Å²) >= 11 is 1.58. The highest BCUT2D eigenvalue weighted by atomic mass is 32.1. The Morgan fingerprint density at radius 2 is 1.91 bits per heavy atom. The number of carbonyl (C=O) groups excluding carboxylic acids is 1. The van der Waals surface area contributed by atoms with Crippen LogP contribution in [0.3, 0.4) is 0 Å². The van der Waals surface area contributed by atoms with Gasteiger partial charge in [-0.2, -0.15) is 11.3 Å². The third kappa shape index (κ3) is 5.85. The molecule has 6 rings (SSSR count). The molecule has 2 bridgehead atoms. The molecule has 2 aromatic carbocycles. The monoisotopic (exact) mass is 495 g/mol. The summed E-state index contributed by atoms with van der Waals surface area (Å²) in [7, 11) is 0. The van der Waals surface area contributed by atoms with Crippen LogP contribution in [-0.2, 0) is 11.3 Å². The quantitative estimate of drug-likeness (QED) is 0.266. The van der Waals surface area contributed by atoms with Crippen molar-refractivity contribution >= 4 is 23.1 Å². The van der Waals surface area contributed by atoms with Gasteiger partial charge in [0.2, 0.25) is 0 Å². The van der Waals surface area contributed by atoms with E-state index in [4.69, 9.17) is 9.47 Å². The van der Waals surface area contributed by atoms with Gasteiger partial charge in [-0.25, -0.2) is 9.18 Å². The third-order valence-electron chi connectivity index (χ3n) is 7.34. The number of ether oxygens (including phenoxy) is 2. The lowest BCUT2D eigenvalue weighted by Gasteiger charge is -2.52. The topological polar surface area (TPSA) is 38.8 Å². The Labute approximate surface area is 210 Å². The molecule has 35 heavy (non-hydrogen) atoms. The molecule has 0 radical (unpaired) electrons. The van der Waals surface area contributed by atoms with E-state index < -0.39 is 6.09 Å². The van der Waals surface area contributed by atoms with E-state index in [0.29, 0.717) is 24.8 Å². The van der Waals surface area contributed by atoms with Gasteiger partial charge in [-0.15, -0.1) is 0 Å². The van der Waals surface area contributed by atoms with Crippen molar-refractivity contribution in [1.82, 2.24) is 0 Å². The molecule has 4 heterocycles. The number of thiophene rings is 1. The molecule has 1 atom stereocenters. The molecule has 7 heteroatoms. The molecule has 3 fully saturated rings. The summed E-state index contributed by atoms with van der Waals surface area (Å²) in [6.07, 6.45) is 2.60. The maximum absolute atomic E-state index is 14.0. The first-order valence-electron chi connectivity index (χ1n) is 12.4. The SMILES string of the molecule is O=C(O[C@H]1C[N+]2(CCCOc3ccccc3)CCC1CC2)N(Cc1ccsc1)c1cccc(F)c1. The van der Waals surface area contributed by atoms with E-state index in [2.05, 4.69) is 0 Å². The van der Waals surface area contributed by atoms with Crippen molar-refractivity contribution in [1.29, 1.82) is 0 Å². The molecule has 0 unspecified atom stereocenters. The maximum Gasteiger partial charge on any atom is 0.415 e. The zero-order chi connectivity index (χ0) is 24.1. The van der Waals surface area contributed by atoms with Gasteiger partial charge in [-0.1, -0.05) is 24.3 Å². The Bertz CT molecular complexity index is 1100. The summed E-state index contributed by atoms with van der Waals surface area (Å²) in [5, 5.41) is 3.98. The van der Waals surface area contributed by atoms with E-state index in [1.165, 1.54) is 12.1 Å². The minimum atomic E-state index is -0.397. The second kappa shape index (κ2) is 10.8. The highest BCUT2D eigenvalue weighted by Crippen LogP contribution is 2.36. The van der Waals surface area contributed by atoms with Crippen molar-refractivity contribution in [3.8, 4) is 5.75 Å². The highest BCUT2D eigenvalue weighted by molar-refractivity contribution is 7.07. The van der Waals surface area contributed by atoms with Crippen LogP contribution in [0.15, 0.2) is 71.4 Å². The van der Waals surface area contributed by atoms with Gasteiger partial charge < -0.3 is 14.0 Å². The second-order valence-electron chi connectivity index (χ2n) is 9.67. The molecule has 1 aromatic heterocycles. The third-order valence-corrected chi connectivity index (χ3v) is 8.08. The summed E-state index contributed by atoms with van der Waals surface area (Å²) < 4.78 is 27.0. The number of carbonyl (C=O) groups is 1. The number of fused-ring (bicyclic) bond motifs is 3. The average molecular weight is 496 g/mol. The maximum atomic E-state index is 14.0. The van der Waals surface area contributed by atoms with Crippen LogP contribution in [0.2, 0.25) is 0 Å². The first-order chi connectivity index (χ1) is 17.1. The molecule has 3 aliphatic rings. The Morgan fingerprint density at radius 3 is 2.66 bits per heavy atom. The van der Waals surface area contributed by atoms with Crippen LogP contribution in [0, 0.1) is 11.7 Å². The van der Waals surface area contributed by atoms with E-state index >= 15 is 0 Å². The van der Waals surface area contributed by atoms with E-state index in [0.717, 1.165) is 61.2 Å². The van der Waals surface area contributed by atoms with Gasteiger partial charge >= 0.3 is 6.09 Å². The Hall–Kier alpha value is -2.90. The molecule has 1 amide bonds. The van der Waals surface area contributed by atoms with Gasteiger partial charge in [0, 0.05) is 25.2 Å². The number of amides is 1. The minimum Gasteiger partial charge on any atom is -0.493 e. The molecule has 5 nitrogen and oxygen atoms in total. The van der Waals surface area contributed by atoms with Gasteiger partial charge in [0.15, 0.2) is 6.10 Å². The minimum absolute atomic E-state index is 0.112. The van der Waals surface area contributed by atoms with Gasteiger partial charge in [0.05, 0.1) is 38.5 Å². The number of halogens is 1. The first kappa shape index (κ1) is 23.8. The van der Waals surface area contributed by atoms with Crippen molar-refractivity contribution in [3.05, 3.63) is 82.8 Å². The summed E-state index contributed by atoms with van der Waals surface area (Å²) in [4.78, 5) is 15.0. The van der Waals surface area contributed by atoms with E-state index in [9.17, 15) is 9.18 Å². The number of benzene rings is 2. The standard InChI is InChI=1S/C28H32FN2O3S/c29-24-6-4-7-25(18-24)30(19-22-12-17-35-21-22)28(32)34-27-20-31(14-10-23(27)11-15-31)13-5-16-33-26-8-2-1-3-9-26/h1-4,6-9,12,17-18,21,23,27H,5,10-11,13-16,19-20H2/q+1/t23?,27-,31?/m0/s1. The number of piperidine rings is 3. The number of hydrogen-bond donors (Lipinski definition) is 0. The number of para-hydroxylation sites is 1. The zero-order valence-corrected chi connectivity index (χ0v) is 20.7. The lowest BCUT2D eigenvalue weighted by atomic mass is 9.83. The van der Waals surface area contributed by atoms with Crippen molar-refractivity contribution in [2.24, 2.45) is 5.92 Å². The van der Waals surface area contributed by atoms with Crippen molar-refractivity contribution in [3.63, 3.8) is 0 Å². The van der Waals surface area contributed by atoms with Crippen molar-refractivity contribution in [2.45, 2.75) is 31.9 Å². The van der Waals surface area contributed by atoms with Crippen LogP contribution in [0.5, 0.6) is 5.75 Å². The molecule has 0 spiro atoms. The number of hydrogen-bond acceptors (Lipinski definition) is 4. The first-order valence-corrected chi connectivity index (χ1v) is 13.3. The zero-order valence-electron chi connectivity index (χ0n) is 19.9. The molecule has 3 aromatic rings.